The molecule has 3 nitrogen and oxygen atoms in total. The van der Waals surface area contributed by atoms with Crippen molar-refractivity contribution in [1.29, 1.82) is 0 Å². The number of aryl methyl sites for hydroxylation is 1. The highest BCUT2D eigenvalue weighted by Gasteiger charge is 2.18. The van der Waals surface area contributed by atoms with E-state index in [4.69, 9.17) is 11.6 Å². The highest BCUT2D eigenvalue weighted by atomic mass is 35.5. The number of halogens is 1. The van der Waals surface area contributed by atoms with Gasteiger partial charge in [-0.3, -0.25) is 4.98 Å². The summed E-state index contributed by atoms with van der Waals surface area (Å²) in [4.78, 5) is 4.29. The van der Waals surface area contributed by atoms with Crippen LogP contribution in [0.4, 0.5) is 0 Å². The average molecular weight is 248 g/mol. The lowest BCUT2D eigenvalue weighted by Gasteiger charge is -2.08. The van der Waals surface area contributed by atoms with Gasteiger partial charge in [0.2, 0.25) is 0 Å². The molecule has 0 spiro atoms. The summed E-state index contributed by atoms with van der Waals surface area (Å²) >= 11 is 5.60. The fourth-order valence-corrected chi connectivity index (χ4v) is 3.14. The van der Waals surface area contributed by atoms with Crippen LogP contribution in [0.3, 0.4) is 0 Å². The van der Waals surface area contributed by atoms with Crippen LogP contribution in [0, 0.1) is 12.8 Å². The molecule has 0 aliphatic carbocycles. The van der Waals surface area contributed by atoms with Gasteiger partial charge in [-0.2, -0.15) is 0 Å². The summed E-state index contributed by atoms with van der Waals surface area (Å²) in [5.41, 5.74) is 0.703. The molecule has 1 heterocycles. The maximum Gasteiger partial charge on any atom is 0.178 e. The maximum absolute atomic E-state index is 11.9. The van der Waals surface area contributed by atoms with Gasteiger partial charge in [-0.15, -0.1) is 11.6 Å². The quantitative estimate of drug-likeness (QED) is 0.765. The molecule has 0 amide bonds. The van der Waals surface area contributed by atoms with E-state index in [0.29, 0.717) is 16.5 Å². The molecule has 1 aromatic rings. The van der Waals surface area contributed by atoms with Crippen LogP contribution in [0.25, 0.3) is 0 Å². The molecule has 1 aromatic heterocycles. The topological polar surface area (TPSA) is 47.0 Å². The molecule has 0 fully saturated rings. The van der Waals surface area contributed by atoms with Crippen LogP contribution in [-0.4, -0.2) is 25.0 Å². The third-order valence-electron chi connectivity index (χ3n) is 1.99. The van der Waals surface area contributed by atoms with Gasteiger partial charge < -0.3 is 0 Å². The predicted octanol–water partition coefficient (Wildman–Crippen LogP) is 2.04. The zero-order valence-corrected chi connectivity index (χ0v) is 10.3. The first-order valence-corrected chi connectivity index (χ1v) is 6.86. The van der Waals surface area contributed by atoms with Gasteiger partial charge in [0.25, 0.3) is 0 Å². The number of sulfone groups is 1. The molecule has 1 atom stereocenters. The largest absolute Gasteiger partial charge is 0.262 e. The minimum Gasteiger partial charge on any atom is -0.262 e. The molecule has 0 saturated carbocycles. The second-order valence-corrected chi connectivity index (χ2v) is 6.02. The third kappa shape index (κ3) is 3.47. The molecule has 1 unspecified atom stereocenters. The van der Waals surface area contributed by atoms with Crippen molar-refractivity contribution in [2.75, 3.05) is 11.6 Å². The van der Waals surface area contributed by atoms with E-state index >= 15 is 0 Å². The Hall–Kier alpha value is -0.610. The Kier molecular flexibility index (Phi) is 4.11. The van der Waals surface area contributed by atoms with Crippen LogP contribution >= 0.6 is 11.6 Å². The van der Waals surface area contributed by atoms with E-state index < -0.39 is 9.84 Å². The van der Waals surface area contributed by atoms with E-state index in [1.54, 1.807) is 13.0 Å². The van der Waals surface area contributed by atoms with Gasteiger partial charge in [0.1, 0.15) is 0 Å². The number of pyridine rings is 1. The summed E-state index contributed by atoms with van der Waals surface area (Å²) in [5.74, 6) is 0.397. The minimum absolute atomic E-state index is 0.0369. The maximum atomic E-state index is 11.9. The van der Waals surface area contributed by atoms with Crippen LogP contribution in [0.5, 0.6) is 0 Å². The number of hydrogen-bond donors (Lipinski definition) is 0. The molecule has 0 aliphatic heterocycles. The molecule has 0 aliphatic rings. The Morgan fingerprint density at radius 2 is 2.20 bits per heavy atom. The number of aromatic nitrogens is 1. The molecule has 0 aromatic carbocycles. The highest BCUT2D eigenvalue weighted by molar-refractivity contribution is 7.91. The number of hydrogen-bond acceptors (Lipinski definition) is 3. The summed E-state index contributed by atoms with van der Waals surface area (Å²) in [5, 5.41) is 0. The predicted molar refractivity (Wildman–Crippen MR) is 60.9 cm³/mol. The van der Waals surface area contributed by atoms with Gasteiger partial charge in [-0.05, 0) is 25.0 Å². The number of alkyl halides is 1. The molecular weight excluding hydrogens is 234 g/mol. The molecule has 5 heteroatoms. The van der Waals surface area contributed by atoms with Crippen LogP contribution in [0.1, 0.15) is 12.6 Å². The molecule has 1 rings (SSSR count). The number of rotatable bonds is 4. The summed E-state index contributed by atoms with van der Waals surface area (Å²) in [7, 11) is -3.22. The van der Waals surface area contributed by atoms with Gasteiger partial charge >= 0.3 is 0 Å². The van der Waals surface area contributed by atoms with Crippen LogP contribution in [0.2, 0.25) is 0 Å². The van der Waals surface area contributed by atoms with Crippen LogP contribution in [-0.2, 0) is 9.84 Å². The first-order valence-electron chi connectivity index (χ1n) is 4.67. The highest BCUT2D eigenvalue weighted by Crippen LogP contribution is 2.14. The molecule has 0 N–H and O–H groups in total. The van der Waals surface area contributed by atoms with E-state index in [2.05, 4.69) is 4.98 Å². The van der Waals surface area contributed by atoms with Gasteiger partial charge in [0.05, 0.1) is 10.6 Å². The van der Waals surface area contributed by atoms with E-state index in [0.717, 1.165) is 0 Å². The number of nitrogens with zero attached hydrogens (tertiary/aromatic N) is 1. The summed E-state index contributed by atoms with van der Waals surface area (Å²) in [6, 6.07) is 3.10. The second-order valence-electron chi connectivity index (χ2n) is 3.67. The fourth-order valence-electron chi connectivity index (χ4n) is 1.23. The Labute approximate surface area is 95.4 Å². The Bertz CT molecular complexity index is 431. The zero-order chi connectivity index (χ0) is 11.5. The van der Waals surface area contributed by atoms with Crippen molar-refractivity contribution < 1.29 is 8.42 Å². The average Bonchev–Trinajstić information content (AvgIpc) is 2.17. The molecule has 84 valence electrons. The van der Waals surface area contributed by atoms with Crippen molar-refractivity contribution in [3.05, 3.63) is 24.0 Å². The lowest BCUT2D eigenvalue weighted by molar-refractivity contribution is 0.583. The smallest absolute Gasteiger partial charge is 0.178 e. The SMILES string of the molecule is Cc1cc(S(=O)(=O)CC(C)CCl)ccn1. The monoisotopic (exact) mass is 247 g/mol. The van der Waals surface area contributed by atoms with Gasteiger partial charge in [0.15, 0.2) is 9.84 Å². The van der Waals surface area contributed by atoms with E-state index in [9.17, 15) is 8.42 Å². The van der Waals surface area contributed by atoms with Gasteiger partial charge in [-0.25, -0.2) is 8.42 Å². The molecule has 0 saturated heterocycles. The van der Waals surface area contributed by atoms with Crippen LogP contribution < -0.4 is 0 Å². The minimum atomic E-state index is -3.22. The molecule has 0 bridgehead atoms. The van der Waals surface area contributed by atoms with Crippen molar-refractivity contribution in [2.24, 2.45) is 5.92 Å². The summed E-state index contributed by atoms with van der Waals surface area (Å²) in [6.07, 6.45) is 1.51. The third-order valence-corrected chi connectivity index (χ3v) is 4.50. The Balaban J connectivity index is 2.96. The Morgan fingerprint density at radius 1 is 1.53 bits per heavy atom. The fraction of sp³-hybridized carbons (Fsp3) is 0.500. The van der Waals surface area contributed by atoms with Gasteiger partial charge in [-0.1, -0.05) is 6.92 Å². The van der Waals surface area contributed by atoms with Crippen molar-refractivity contribution in [1.82, 2.24) is 4.98 Å². The molecule has 15 heavy (non-hydrogen) atoms. The standard InChI is InChI=1S/C10H14ClNO2S/c1-8(6-11)7-15(13,14)10-3-4-12-9(2)5-10/h3-5,8H,6-7H2,1-2H3. The van der Waals surface area contributed by atoms with Crippen molar-refractivity contribution in [3.8, 4) is 0 Å². The Morgan fingerprint density at radius 3 is 2.73 bits per heavy atom. The first-order chi connectivity index (χ1) is 6.95. The van der Waals surface area contributed by atoms with Crippen LogP contribution in [0.15, 0.2) is 23.2 Å². The summed E-state index contributed by atoms with van der Waals surface area (Å²) < 4.78 is 23.7. The lowest BCUT2D eigenvalue weighted by atomic mass is 10.3. The normalized spacial score (nSPS) is 13.8. The summed E-state index contributed by atoms with van der Waals surface area (Å²) in [6.45, 7) is 3.59. The van der Waals surface area contributed by atoms with Gasteiger partial charge in [0, 0.05) is 17.8 Å². The zero-order valence-electron chi connectivity index (χ0n) is 8.77. The van der Waals surface area contributed by atoms with Crippen molar-refractivity contribution in [3.63, 3.8) is 0 Å². The van der Waals surface area contributed by atoms with Crippen molar-refractivity contribution in [2.45, 2.75) is 18.7 Å². The van der Waals surface area contributed by atoms with E-state index in [-0.39, 0.29) is 11.7 Å². The first kappa shape index (κ1) is 12.5. The van der Waals surface area contributed by atoms with E-state index in [1.807, 2.05) is 6.92 Å². The second kappa shape index (κ2) is 4.94. The van der Waals surface area contributed by atoms with E-state index in [1.165, 1.54) is 12.3 Å². The van der Waals surface area contributed by atoms with Crippen molar-refractivity contribution >= 4 is 21.4 Å². The molecule has 0 radical (unpaired) electrons. The lowest BCUT2D eigenvalue weighted by Crippen LogP contribution is -2.15. The molecular formula is C10H14ClNO2S.